The smallest absolute Gasteiger partial charge is 0.0444 e. The first kappa shape index (κ1) is 11.6. The number of hydrogen-bond donors (Lipinski definition) is 0. The molecule has 1 aromatic rings. The predicted molar refractivity (Wildman–Crippen MR) is 68.3 cm³/mol. The minimum Gasteiger partial charge on any atom is -0.368 e. The molecule has 1 aromatic carbocycles. The first-order valence-corrected chi connectivity index (χ1v) is 5.33. The number of nitrogens with zero attached hydrogens (tertiary/aromatic N) is 1. The van der Waals surface area contributed by atoms with E-state index >= 15 is 0 Å². The van der Waals surface area contributed by atoms with Crippen molar-refractivity contribution in [2.75, 3.05) is 11.9 Å². The van der Waals surface area contributed by atoms with Crippen LogP contribution in [0.3, 0.4) is 0 Å². The molecule has 0 saturated carbocycles. The Balaban J connectivity index is 2.64. The first-order chi connectivity index (χ1) is 7.25. The number of anilines is 1. The van der Waals surface area contributed by atoms with E-state index in [1.165, 1.54) is 5.69 Å². The van der Waals surface area contributed by atoms with Gasteiger partial charge in [0.1, 0.15) is 0 Å². The molecule has 0 aliphatic carbocycles. The van der Waals surface area contributed by atoms with Gasteiger partial charge in [-0.05, 0) is 26.0 Å². The van der Waals surface area contributed by atoms with Gasteiger partial charge in [0.25, 0.3) is 0 Å². The molecule has 0 heterocycles. The third-order valence-corrected chi connectivity index (χ3v) is 2.47. The van der Waals surface area contributed by atoms with Crippen LogP contribution in [0.15, 0.2) is 54.6 Å². The predicted octanol–water partition coefficient (Wildman–Crippen LogP) is 3.64. The molecule has 0 aliphatic rings. The van der Waals surface area contributed by atoms with Crippen molar-refractivity contribution in [2.45, 2.75) is 19.9 Å². The average Bonchev–Trinajstić information content (AvgIpc) is 2.29. The van der Waals surface area contributed by atoms with E-state index in [0.29, 0.717) is 6.04 Å². The van der Waals surface area contributed by atoms with Gasteiger partial charge < -0.3 is 4.90 Å². The van der Waals surface area contributed by atoms with E-state index in [2.05, 4.69) is 61.4 Å². The molecule has 0 aliphatic heterocycles. The number of hydrogen-bond acceptors (Lipinski definition) is 1. The van der Waals surface area contributed by atoms with Crippen molar-refractivity contribution in [1.82, 2.24) is 0 Å². The largest absolute Gasteiger partial charge is 0.368 e. The zero-order valence-corrected chi connectivity index (χ0v) is 9.72. The van der Waals surface area contributed by atoms with Gasteiger partial charge in [-0.3, -0.25) is 0 Å². The summed E-state index contributed by atoms with van der Waals surface area (Å²) in [6.45, 7) is 4.21. The van der Waals surface area contributed by atoms with Crippen LogP contribution in [-0.2, 0) is 0 Å². The van der Waals surface area contributed by atoms with Crippen molar-refractivity contribution >= 4 is 5.69 Å². The zero-order valence-electron chi connectivity index (χ0n) is 9.72. The summed E-state index contributed by atoms with van der Waals surface area (Å²) in [5, 5.41) is 0. The van der Waals surface area contributed by atoms with E-state index in [0.717, 1.165) is 0 Å². The van der Waals surface area contributed by atoms with Crippen LogP contribution in [-0.4, -0.2) is 13.1 Å². The van der Waals surface area contributed by atoms with E-state index in [-0.39, 0.29) is 0 Å². The molecule has 0 radical (unpaired) electrons. The Kier molecular flexibility index (Phi) is 4.69. The summed E-state index contributed by atoms with van der Waals surface area (Å²) < 4.78 is 0. The van der Waals surface area contributed by atoms with Crippen molar-refractivity contribution in [3.8, 4) is 0 Å². The highest BCUT2D eigenvalue weighted by atomic mass is 15.1. The van der Waals surface area contributed by atoms with Crippen molar-refractivity contribution < 1.29 is 0 Å². The van der Waals surface area contributed by atoms with Crippen LogP contribution in [0.2, 0.25) is 0 Å². The lowest BCUT2D eigenvalue weighted by Crippen LogP contribution is -2.26. The minimum absolute atomic E-state index is 0.406. The molecule has 0 N–H and O–H groups in total. The molecule has 1 nitrogen and oxygen atoms in total. The molecule has 0 spiro atoms. The molecule has 1 rings (SSSR count). The molecule has 1 unspecified atom stereocenters. The number of likely N-dealkylation sites (N-methyl/N-ethyl adjacent to an activating group) is 1. The normalized spacial score (nSPS) is 13.5. The SMILES string of the molecule is C/C=C\C=C/C(C)N(C)c1ccccc1. The lowest BCUT2D eigenvalue weighted by Gasteiger charge is -2.24. The third kappa shape index (κ3) is 3.62. The van der Waals surface area contributed by atoms with Gasteiger partial charge in [-0.2, -0.15) is 0 Å². The molecule has 0 fully saturated rings. The fourth-order valence-electron chi connectivity index (χ4n) is 1.36. The maximum Gasteiger partial charge on any atom is 0.0444 e. The van der Waals surface area contributed by atoms with Crippen molar-refractivity contribution in [2.24, 2.45) is 0 Å². The molecule has 0 amide bonds. The van der Waals surface area contributed by atoms with Crippen molar-refractivity contribution in [3.63, 3.8) is 0 Å². The van der Waals surface area contributed by atoms with Gasteiger partial charge in [-0.25, -0.2) is 0 Å². The monoisotopic (exact) mass is 201 g/mol. The Morgan fingerprint density at radius 3 is 2.40 bits per heavy atom. The van der Waals surface area contributed by atoms with Gasteiger partial charge in [0.15, 0.2) is 0 Å². The molecule has 1 heteroatoms. The van der Waals surface area contributed by atoms with Gasteiger partial charge in [0.05, 0.1) is 0 Å². The average molecular weight is 201 g/mol. The summed E-state index contributed by atoms with van der Waals surface area (Å²) in [7, 11) is 2.11. The maximum absolute atomic E-state index is 2.25. The number of para-hydroxylation sites is 1. The molecule has 80 valence electrons. The van der Waals surface area contributed by atoms with Crippen molar-refractivity contribution in [3.05, 3.63) is 54.6 Å². The Morgan fingerprint density at radius 1 is 1.13 bits per heavy atom. The van der Waals surface area contributed by atoms with E-state index in [1.54, 1.807) is 0 Å². The van der Waals surface area contributed by atoms with Crippen LogP contribution in [0.5, 0.6) is 0 Å². The topological polar surface area (TPSA) is 3.24 Å². The number of allylic oxidation sites excluding steroid dienone is 3. The zero-order chi connectivity index (χ0) is 11.1. The second-order valence-corrected chi connectivity index (χ2v) is 3.60. The number of benzene rings is 1. The molecule has 0 bridgehead atoms. The fourth-order valence-corrected chi connectivity index (χ4v) is 1.36. The van der Waals surface area contributed by atoms with Crippen molar-refractivity contribution in [1.29, 1.82) is 0 Å². The lowest BCUT2D eigenvalue weighted by atomic mass is 10.2. The van der Waals surface area contributed by atoms with Crippen LogP contribution in [0.4, 0.5) is 5.69 Å². The van der Waals surface area contributed by atoms with Crippen LogP contribution < -0.4 is 4.90 Å². The first-order valence-electron chi connectivity index (χ1n) is 5.33. The fraction of sp³-hybridized carbons (Fsp3) is 0.286. The Morgan fingerprint density at radius 2 is 1.80 bits per heavy atom. The van der Waals surface area contributed by atoms with Gasteiger partial charge in [0.2, 0.25) is 0 Å². The lowest BCUT2D eigenvalue weighted by molar-refractivity contribution is 0.823. The molecule has 15 heavy (non-hydrogen) atoms. The van der Waals surface area contributed by atoms with E-state index < -0.39 is 0 Å². The third-order valence-electron chi connectivity index (χ3n) is 2.47. The van der Waals surface area contributed by atoms with Gasteiger partial charge in [-0.1, -0.05) is 42.5 Å². The Bertz CT molecular complexity index is 324. The maximum atomic E-state index is 2.25. The summed E-state index contributed by atoms with van der Waals surface area (Å²) in [4.78, 5) is 2.25. The molecule has 1 atom stereocenters. The summed E-state index contributed by atoms with van der Waals surface area (Å²) in [6, 6.07) is 10.8. The molecule has 0 saturated heterocycles. The standard InChI is InChI=1S/C14H19N/c1-4-5-7-10-13(2)15(3)14-11-8-6-9-12-14/h4-13H,1-3H3/b5-4-,10-7-. The molecule has 0 aromatic heterocycles. The van der Waals surface area contributed by atoms with Gasteiger partial charge >= 0.3 is 0 Å². The Hall–Kier alpha value is -1.50. The summed E-state index contributed by atoms with van der Waals surface area (Å²) in [5.74, 6) is 0. The van der Waals surface area contributed by atoms with Crippen LogP contribution in [0.25, 0.3) is 0 Å². The highest BCUT2D eigenvalue weighted by molar-refractivity contribution is 5.46. The quantitative estimate of drug-likeness (QED) is 0.672. The minimum atomic E-state index is 0.406. The summed E-state index contributed by atoms with van der Waals surface area (Å²) in [6.07, 6.45) is 8.36. The molecular formula is C14H19N. The van der Waals surface area contributed by atoms with Crippen LogP contribution in [0, 0.1) is 0 Å². The second-order valence-electron chi connectivity index (χ2n) is 3.60. The van der Waals surface area contributed by atoms with E-state index in [4.69, 9.17) is 0 Å². The Labute approximate surface area is 92.7 Å². The van der Waals surface area contributed by atoms with E-state index in [1.807, 2.05) is 19.1 Å². The van der Waals surface area contributed by atoms with Crippen LogP contribution in [0.1, 0.15) is 13.8 Å². The van der Waals surface area contributed by atoms with Crippen LogP contribution >= 0.6 is 0 Å². The highest BCUT2D eigenvalue weighted by Gasteiger charge is 2.04. The number of rotatable bonds is 4. The molecular weight excluding hydrogens is 182 g/mol. The second kappa shape index (κ2) is 6.07. The van der Waals surface area contributed by atoms with Gasteiger partial charge in [0, 0.05) is 18.8 Å². The highest BCUT2D eigenvalue weighted by Crippen LogP contribution is 2.14. The summed E-state index contributed by atoms with van der Waals surface area (Å²) in [5.41, 5.74) is 1.25. The van der Waals surface area contributed by atoms with E-state index in [9.17, 15) is 0 Å². The van der Waals surface area contributed by atoms with Gasteiger partial charge in [-0.15, -0.1) is 0 Å². The summed E-state index contributed by atoms with van der Waals surface area (Å²) >= 11 is 0.